The standard InChI is InChI=1S/C19H24N6/c20-12-16(15-6-2-1-3-7-15)13-21-17-14-22-25-11-8-18(23-19(17)25)24-9-4-5-10-24/h6,8,11-14,20-21H,1-5,7,9-10H2/b16-13+,20-12?. The second kappa shape index (κ2) is 7.09. The molecule has 1 aliphatic carbocycles. The molecule has 3 heterocycles. The zero-order valence-electron chi connectivity index (χ0n) is 14.4. The highest BCUT2D eigenvalue weighted by atomic mass is 15.3. The summed E-state index contributed by atoms with van der Waals surface area (Å²) in [5.41, 5.74) is 3.89. The van der Waals surface area contributed by atoms with Crippen LogP contribution in [0.15, 0.2) is 41.9 Å². The SMILES string of the molecule is N=C/C(=C\Nc1cnn2ccc(N3CCCC3)nc12)C1=CCCCC1. The summed E-state index contributed by atoms with van der Waals surface area (Å²) in [6.45, 7) is 2.15. The highest BCUT2D eigenvalue weighted by Gasteiger charge is 2.15. The Bertz CT molecular complexity index is 826. The van der Waals surface area contributed by atoms with E-state index in [1.807, 2.05) is 18.5 Å². The van der Waals surface area contributed by atoms with Crippen molar-refractivity contribution in [2.24, 2.45) is 0 Å². The normalized spacial score (nSPS) is 18.5. The summed E-state index contributed by atoms with van der Waals surface area (Å²) in [7, 11) is 0. The molecule has 6 nitrogen and oxygen atoms in total. The number of anilines is 2. The number of hydrogen-bond acceptors (Lipinski definition) is 5. The van der Waals surface area contributed by atoms with Crippen LogP contribution in [0.25, 0.3) is 5.65 Å². The molecular formula is C19H24N6. The smallest absolute Gasteiger partial charge is 0.180 e. The Morgan fingerprint density at radius 1 is 1.20 bits per heavy atom. The van der Waals surface area contributed by atoms with Gasteiger partial charge in [-0.25, -0.2) is 9.50 Å². The number of nitrogens with one attached hydrogen (secondary N) is 2. The van der Waals surface area contributed by atoms with Crippen molar-refractivity contribution in [2.75, 3.05) is 23.3 Å². The third-order valence-electron chi connectivity index (χ3n) is 4.98. The fraction of sp³-hybridized carbons (Fsp3) is 0.421. The number of allylic oxidation sites excluding steroid dienone is 3. The van der Waals surface area contributed by atoms with Gasteiger partial charge < -0.3 is 15.6 Å². The zero-order valence-corrected chi connectivity index (χ0v) is 14.4. The molecule has 2 aliphatic rings. The third-order valence-corrected chi connectivity index (χ3v) is 4.98. The van der Waals surface area contributed by atoms with Crippen LogP contribution in [0, 0.1) is 5.41 Å². The fourth-order valence-corrected chi connectivity index (χ4v) is 3.57. The molecule has 2 N–H and O–H groups in total. The monoisotopic (exact) mass is 336 g/mol. The minimum atomic E-state index is 0.822. The van der Waals surface area contributed by atoms with E-state index in [0.717, 1.165) is 48.7 Å². The van der Waals surface area contributed by atoms with Gasteiger partial charge in [-0.2, -0.15) is 5.10 Å². The van der Waals surface area contributed by atoms with Crippen LogP contribution in [0.4, 0.5) is 11.5 Å². The van der Waals surface area contributed by atoms with Gasteiger partial charge in [0.25, 0.3) is 0 Å². The molecule has 0 spiro atoms. The predicted molar refractivity (Wildman–Crippen MR) is 101 cm³/mol. The van der Waals surface area contributed by atoms with Gasteiger partial charge >= 0.3 is 0 Å². The summed E-state index contributed by atoms with van der Waals surface area (Å²) < 4.78 is 1.79. The second-order valence-electron chi connectivity index (χ2n) is 6.67. The van der Waals surface area contributed by atoms with Gasteiger partial charge in [-0.15, -0.1) is 0 Å². The summed E-state index contributed by atoms with van der Waals surface area (Å²) >= 11 is 0. The van der Waals surface area contributed by atoms with E-state index < -0.39 is 0 Å². The first-order valence-corrected chi connectivity index (χ1v) is 9.11. The van der Waals surface area contributed by atoms with Crippen molar-refractivity contribution in [3.05, 3.63) is 41.9 Å². The second-order valence-corrected chi connectivity index (χ2v) is 6.67. The molecule has 1 aliphatic heterocycles. The molecule has 2 aromatic rings. The summed E-state index contributed by atoms with van der Waals surface area (Å²) in [6.07, 6.45) is 16.4. The lowest BCUT2D eigenvalue weighted by Crippen LogP contribution is -2.19. The van der Waals surface area contributed by atoms with Crippen LogP contribution in [-0.2, 0) is 0 Å². The van der Waals surface area contributed by atoms with Crippen molar-refractivity contribution in [3.8, 4) is 0 Å². The third kappa shape index (κ3) is 3.29. The van der Waals surface area contributed by atoms with Crippen LogP contribution in [0.3, 0.4) is 0 Å². The maximum absolute atomic E-state index is 7.72. The van der Waals surface area contributed by atoms with E-state index in [-0.39, 0.29) is 0 Å². The quantitative estimate of drug-likeness (QED) is 0.815. The molecule has 4 rings (SSSR count). The van der Waals surface area contributed by atoms with E-state index in [1.54, 1.807) is 10.7 Å². The number of rotatable bonds is 5. The van der Waals surface area contributed by atoms with E-state index in [2.05, 4.69) is 21.4 Å². The summed E-state index contributed by atoms with van der Waals surface area (Å²) in [6, 6.07) is 2.03. The molecule has 2 aromatic heterocycles. The van der Waals surface area contributed by atoms with Crippen LogP contribution < -0.4 is 10.2 Å². The molecule has 0 unspecified atom stereocenters. The van der Waals surface area contributed by atoms with E-state index in [0.29, 0.717) is 0 Å². The Labute approximate surface area is 147 Å². The molecule has 25 heavy (non-hydrogen) atoms. The molecule has 0 radical (unpaired) electrons. The number of fused-ring (bicyclic) bond motifs is 1. The first kappa shape index (κ1) is 15.9. The maximum Gasteiger partial charge on any atom is 0.180 e. The first-order valence-electron chi connectivity index (χ1n) is 9.11. The predicted octanol–water partition coefficient (Wildman–Crippen LogP) is 3.78. The molecule has 1 fully saturated rings. The lowest BCUT2D eigenvalue weighted by Gasteiger charge is -2.16. The topological polar surface area (TPSA) is 69.3 Å². The van der Waals surface area contributed by atoms with Crippen molar-refractivity contribution < 1.29 is 0 Å². The van der Waals surface area contributed by atoms with Gasteiger partial charge in [0.1, 0.15) is 11.5 Å². The molecule has 0 aromatic carbocycles. The molecular weight excluding hydrogens is 312 g/mol. The maximum atomic E-state index is 7.72. The van der Waals surface area contributed by atoms with E-state index in [1.165, 1.54) is 37.5 Å². The first-order chi connectivity index (χ1) is 12.3. The van der Waals surface area contributed by atoms with E-state index >= 15 is 0 Å². The highest BCUT2D eigenvalue weighted by Crippen LogP contribution is 2.24. The Morgan fingerprint density at radius 3 is 2.84 bits per heavy atom. The van der Waals surface area contributed by atoms with Gasteiger partial charge in [-0.05, 0) is 50.2 Å². The zero-order chi connectivity index (χ0) is 17.1. The minimum Gasteiger partial charge on any atom is -0.357 e. The summed E-state index contributed by atoms with van der Waals surface area (Å²) in [5, 5.41) is 15.4. The Morgan fingerprint density at radius 2 is 2.08 bits per heavy atom. The Balaban J connectivity index is 1.60. The average molecular weight is 336 g/mol. The molecule has 0 saturated carbocycles. The number of aromatic nitrogens is 3. The summed E-state index contributed by atoms with van der Waals surface area (Å²) in [5.74, 6) is 1.01. The molecule has 0 bridgehead atoms. The van der Waals surface area contributed by atoms with Gasteiger partial charge in [-0.3, -0.25) is 0 Å². The van der Waals surface area contributed by atoms with Crippen LogP contribution in [0.1, 0.15) is 38.5 Å². The van der Waals surface area contributed by atoms with Gasteiger partial charge in [-0.1, -0.05) is 6.08 Å². The Kier molecular flexibility index (Phi) is 4.50. The molecule has 1 saturated heterocycles. The molecule has 130 valence electrons. The van der Waals surface area contributed by atoms with Crippen molar-refractivity contribution in [3.63, 3.8) is 0 Å². The minimum absolute atomic E-state index is 0.822. The van der Waals surface area contributed by atoms with Crippen molar-refractivity contribution >= 4 is 23.4 Å². The highest BCUT2D eigenvalue weighted by molar-refractivity contribution is 5.83. The summed E-state index contributed by atoms with van der Waals surface area (Å²) in [4.78, 5) is 7.12. The lowest BCUT2D eigenvalue weighted by molar-refractivity contribution is 0.709. The number of nitrogens with zero attached hydrogens (tertiary/aromatic N) is 4. The van der Waals surface area contributed by atoms with Crippen molar-refractivity contribution in [1.82, 2.24) is 14.6 Å². The van der Waals surface area contributed by atoms with Gasteiger partial charge in [0.15, 0.2) is 5.65 Å². The van der Waals surface area contributed by atoms with Crippen LogP contribution in [-0.4, -0.2) is 33.9 Å². The van der Waals surface area contributed by atoms with Crippen LogP contribution in [0.5, 0.6) is 0 Å². The Hall–Kier alpha value is -2.63. The van der Waals surface area contributed by atoms with Crippen molar-refractivity contribution in [1.29, 1.82) is 5.41 Å². The van der Waals surface area contributed by atoms with Crippen molar-refractivity contribution in [2.45, 2.75) is 38.5 Å². The molecule has 6 heteroatoms. The van der Waals surface area contributed by atoms with Crippen LogP contribution >= 0.6 is 0 Å². The molecule has 0 atom stereocenters. The van der Waals surface area contributed by atoms with E-state index in [9.17, 15) is 0 Å². The lowest BCUT2D eigenvalue weighted by atomic mass is 9.94. The van der Waals surface area contributed by atoms with Gasteiger partial charge in [0, 0.05) is 37.3 Å². The number of hydrogen-bond donors (Lipinski definition) is 2. The molecule has 0 amide bonds. The van der Waals surface area contributed by atoms with E-state index in [4.69, 9.17) is 10.4 Å². The fourth-order valence-electron chi connectivity index (χ4n) is 3.57. The largest absolute Gasteiger partial charge is 0.357 e. The van der Waals surface area contributed by atoms with Gasteiger partial charge in [0.2, 0.25) is 0 Å². The van der Waals surface area contributed by atoms with Crippen LogP contribution in [0.2, 0.25) is 0 Å². The van der Waals surface area contributed by atoms with Gasteiger partial charge in [0.05, 0.1) is 6.20 Å². The average Bonchev–Trinajstić information content (AvgIpc) is 3.33.